The van der Waals surface area contributed by atoms with E-state index < -0.39 is 24.0 Å². The van der Waals surface area contributed by atoms with E-state index in [1.54, 1.807) is 30.3 Å². The van der Waals surface area contributed by atoms with Crippen LogP contribution in [0.5, 0.6) is 0 Å². The summed E-state index contributed by atoms with van der Waals surface area (Å²) >= 11 is 6.42. The Bertz CT molecular complexity index is 1200. The largest absolute Gasteiger partial charge is 0.480 e. The van der Waals surface area contributed by atoms with E-state index >= 15 is 0 Å². The molecule has 162 valence electrons. The highest BCUT2D eigenvalue weighted by atomic mass is 35.5. The van der Waals surface area contributed by atoms with Crippen LogP contribution in [-0.4, -0.2) is 33.8 Å². The van der Waals surface area contributed by atoms with Gasteiger partial charge in [0.2, 0.25) is 0 Å². The number of hydrogen-bond acceptors (Lipinski definition) is 3. The van der Waals surface area contributed by atoms with Gasteiger partial charge in [0.1, 0.15) is 11.9 Å². The van der Waals surface area contributed by atoms with E-state index in [0.29, 0.717) is 29.0 Å². The van der Waals surface area contributed by atoms with Crippen LogP contribution in [0.1, 0.15) is 40.4 Å². The zero-order valence-electron chi connectivity index (χ0n) is 17.2. The fraction of sp³-hybridized carbons (Fsp3) is 0.160. The smallest absolute Gasteiger partial charge is 0.326 e. The van der Waals surface area contributed by atoms with Gasteiger partial charge in [-0.05, 0) is 35.6 Å². The molecule has 3 aromatic rings. The molecule has 2 atom stereocenters. The molecule has 7 heteroatoms. The van der Waals surface area contributed by atoms with Crippen LogP contribution in [0.4, 0.5) is 0 Å². The highest BCUT2D eigenvalue weighted by Gasteiger charge is 2.43. The topological polar surface area (TPSA) is 107 Å². The van der Waals surface area contributed by atoms with Crippen molar-refractivity contribution in [3.8, 4) is 11.1 Å². The summed E-state index contributed by atoms with van der Waals surface area (Å²) in [4.78, 5) is 27.5. The van der Waals surface area contributed by atoms with Crippen molar-refractivity contribution < 1.29 is 14.7 Å². The van der Waals surface area contributed by atoms with Crippen LogP contribution >= 0.6 is 11.6 Å². The summed E-state index contributed by atoms with van der Waals surface area (Å²) in [6.45, 7) is 0. The first kappa shape index (κ1) is 21.6. The van der Waals surface area contributed by atoms with E-state index in [4.69, 9.17) is 22.7 Å². The van der Waals surface area contributed by atoms with E-state index in [1.807, 2.05) is 42.5 Å². The Labute approximate surface area is 190 Å². The molecule has 3 aromatic carbocycles. The molecule has 4 N–H and O–H groups in total. The van der Waals surface area contributed by atoms with Crippen molar-refractivity contribution in [2.45, 2.75) is 24.9 Å². The second-order valence-corrected chi connectivity index (χ2v) is 8.10. The van der Waals surface area contributed by atoms with Crippen molar-refractivity contribution in [2.75, 3.05) is 0 Å². The molecule has 4 rings (SSSR count). The van der Waals surface area contributed by atoms with Crippen molar-refractivity contribution in [3.63, 3.8) is 0 Å². The van der Waals surface area contributed by atoms with E-state index in [9.17, 15) is 14.7 Å². The molecule has 0 aliphatic carbocycles. The normalized spacial score (nSPS) is 17.8. The van der Waals surface area contributed by atoms with Crippen LogP contribution in [0.3, 0.4) is 0 Å². The highest BCUT2D eigenvalue weighted by Crippen LogP contribution is 2.41. The number of amidine groups is 1. The van der Waals surface area contributed by atoms with Crippen LogP contribution in [0.25, 0.3) is 11.1 Å². The number of carbonyl (C=O) groups excluding carboxylic acids is 1. The standard InChI is InChI=1S/C25H22ClN3O3/c26-19-12-5-4-9-17(19)20-13-14-21(25(31)32)29(20)24(30)22-16(15-7-2-1-3-8-15)10-6-11-18(22)23(27)28/h1-12,20-21H,13-14H2,(H3,27,28)(H,31,32). The number of amides is 1. The van der Waals surface area contributed by atoms with E-state index in [-0.39, 0.29) is 17.0 Å². The number of aliphatic carboxylic acids is 1. The maximum absolute atomic E-state index is 14.0. The molecule has 1 aliphatic heterocycles. The SMILES string of the molecule is N=C(N)c1cccc(-c2ccccc2)c1C(=O)N1C(C(=O)O)CCC1c1ccccc1Cl. The average Bonchev–Trinajstić information content (AvgIpc) is 3.24. The first-order valence-corrected chi connectivity index (χ1v) is 10.6. The number of nitrogen functional groups attached to an aromatic ring is 1. The number of hydrogen-bond donors (Lipinski definition) is 3. The maximum atomic E-state index is 14.0. The van der Waals surface area contributed by atoms with Gasteiger partial charge < -0.3 is 15.7 Å². The van der Waals surface area contributed by atoms with Crippen LogP contribution in [-0.2, 0) is 4.79 Å². The minimum atomic E-state index is -1.07. The van der Waals surface area contributed by atoms with Crippen molar-refractivity contribution in [1.29, 1.82) is 5.41 Å². The van der Waals surface area contributed by atoms with Gasteiger partial charge in [0.15, 0.2) is 0 Å². The van der Waals surface area contributed by atoms with Gasteiger partial charge >= 0.3 is 5.97 Å². The number of nitrogens with two attached hydrogens (primary N) is 1. The number of halogens is 1. The summed E-state index contributed by atoms with van der Waals surface area (Å²) < 4.78 is 0. The van der Waals surface area contributed by atoms with E-state index in [2.05, 4.69) is 0 Å². The van der Waals surface area contributed by atoms with Crippen LogP contribution < -0.4 is 5.73 Å². The Morgan fingerprint density at radius 1 is 0.969 bits per heavy atom. The Hall–Kier alpha value is -3.64. The number of carboxylic acid groups (broad SMARTS) is 1. The highest BCUT2D eigenvalue weighted by molar-refractivity contribution is 6.31. The maximum Gasteiger partial charge on any atom is 0.326 e. The van der Waals surface area contributed by atoms with Gasteiger partial charge in [0.05, 0.1) is 11.6 Å². The molecule has 6 nitrogen and oxygen atoms in total. The summed E-state index contributed by atoms with van der Waals surface area (Å²) in [5, 5.41) is 18.4. The van der Waals surface area contributed by atoms with Crippen LogP contribution in [0.2, 0.25) is 5.02 Å². The summed E-state index contributed by atoms with van der Waals surface area (Å²) in [5.41, 5.74) is 8.40. The van der Waals surface area contributed by atoms with Crippen LogP contribution in [0.15, 0.2) is 72.8 Å². The Morgan fingerprint density at radius 3 is 2.31 bits per heavy atom. The molecule has 0 saturated carbocycles. The Morgan fingerprint density at radius 2 is 1.66 bits per heavy atom. The molecule has 0 bridgehead atoms. The number of rotatable bonds is 5. The van der Waals surface area contributed by atoms with Crippen molar-refractivity contribution >= 4 is 29.3 Å². The molecule has 1 aliphatic rings. The van der Waals surface area contributed by atoms with Gasteiger partial charge in [-0.3, -0.25) is 10.2 Å². The monoisotopic (exact) mass is 447 g/mol. The zero-order valence-corrected chi connectivity index (χ0v) is 17.9. The van der Waals surface area contributed by atoms with Crippen molar-refractivity contribution in [1.82, 2.24) is 4.90 Å². The number of carbonyl (C=O) groups is 2. The lowest BCUT2D eigenvalue weighted by molar-refractivity contribution is -0.141. The van der Waals surface area contributed by atoms with Gasteiger partial charge in [-0.15, -0.1) is 0 Å². The summed E-state index contributed by atoms with van der Waals surface area (Å²) in [7, 11) is 0. The molecular weight excluding hydrogens is 426 g/mol. The van der Waals surface area contributed by atoms with Crippen molar-refractivity contribution in [3.05, 3.63) is 94.5 Å². The summed E-state index contributed by atoms with van der Waals surface area (Å²) in [6.07, 6.45) is 0.773. The van der Waals surface area contributed by atoms with E-state index in [1.165, 1.54) is 4.90 Å². The molecule has 1 amide bonds. The second kappa shape index (κ2) is 8.85. The lowest BCUT2D eigenvalue weighted by Crippen LogP contribution is -2.42. The lowest BCUT2D eigenvalue weighted by Gasteiger charge is -2.30. The van der Waals surface area contributed by atoms with Gasteiger partial charge in [0, 0.05) is 10.6 Å². The first-order valence-electron chi connectivity index (χ1n) is 10.2. The number of likely N-dealkylation sites (tertiary alicyclic amines) is 1. The fourth-order valence-corrected chi connectivity index (χ4v) is 4.64. The molecule has 1 saturated heterocycles. The minimum Gasteiger partial charge on any atom is -0.480 e. The quantitative estimate of drug-likeness (QED) is 0.388. The third-order valence-corrected chi connectivity index (χ3v) is 6.17. The molecule has 2 unspecified atom stereocenters. The molecule has 0 aromatic heterocycles. The van der Waals surface area contributed by atoms with E-state index in [0.717, 1.165) is 5.56 Å². The Kier molecular flexibility index (Phi) is 5.97. The summed E-state index contributed by atoms with van der Waals surface area (Å²) in [5.74, 6) is -1.81. The number of benzene rings is 3. The molecular formula is C25H22ClN3O3. The van der Waals surface area contributed by atoms with Gasteiger partial charge in [0.25, 0.3) is 5.91 Å². The molecule has 0 spiro atoms. The molecule has 32 heavy (non-hydrogen) atoms. The molecule has 0 radical (unpaired) electrons. The third-order valence-electron chi connectivity index (χ3n) is 5.82. The number of nitrogens with one attached hydrogen (secondary N) is 1. The third kappa shape index (κ3) is 3.85. The predicted molar refractivity (Wildman–Crippen MR) is 124 cm³/mol. The molecule has 1 fully saturated rings. The summed E-state index contributed by atoms with van der Waals surface area (Å²) in [6, 6.07) is 20.1. The molecule has 1 heterocycles. The minimum absolute atomic E-state index is 0.219. The first-order chi connectivity index (χ1) is 15.4. The predicted octanol–water partition coefficient (Wildman–Crippen LogP) is 4.72. The lowest BCUT2D eigenvalue weighted by atomic mass is 9.93. The van der Waals surface area contributed by atoms with Gasteiger partial charge in [-0.2, -0.15) is 0 Å². The van der Waals surface area contributed by atoms with Crippen LogP contribution in [0, 0.1) is 5.41 Å². The zero-order chi connectivity index (χ0) is 22.8. The van der Waals surface area contributed by atoms with Gasteiger partial charge in [-0.1, -0.05) is 78.3 Å². The van der Waals surface area contributed by atoms with Crippen molar-refractivity contribution in [2.24, 2.45) is 5.73 Å². The average molecular weight is 448 g/mol. The van der Waals surface area contributed by atoms with Gasteiger partial charge in [-0.25, -0.2) is 4.79 Å². The number of carboxylic acids is 1. The fourth-order valence-electron chi connectivity index (χ4n) is 4.38. The Balaban J connectivity index is 1.90. The number of nitrogens with zero attached hydrogens (tertiary/aromatic N) is 1. The second-order valence-electron chi connectivity index (χ2n) is 7.69.